The van der Waals surface area contributed by atoms with Crippen molar-refractivity contribution in [3.05, 3.63) is 41.2 Å². The number of fused-ring (bicyclic) bond motifs is 4. The number of rotatable bonds is 5. The van der Waals surface area contributed by atoms with Crippen LogP contribution in [0.1, 0.15) is 36.0 Å². The molecule has 36 heavy (non-hydrogen) atoms. The van der Waals surface area contributed by atoms with E-state index in [4.69, 9.17) is 27.1 Å². The molecule has 1 aliphatic heterocycles. The molecule has 2 bridgehead atoms. The second-order valence-corrected chi connectivity index (χ2v) is 11.0. The standard InChI is InChI=1S/C27H29ClN6O2/c1-32-25-18(7-17(9-22(25)36-2)27(35)34-13-15-5-6-19(34)24(15)29)31-26(32)20-8-16-10-23(28)30-11-21(16)33(20)12-14-3-4-14/h7-11,14-15,19,24H,3-6,12-13,29H2,1-2H3/t15-,19-,24-/m1/s1. The van der Waals surface area contributed by atoms with Crippen LogP contribution in [-0.2, 0) is 13.6 Å². The summed E-state index contributed by atoms with van der Waals surface area (Å²) in [6.07, 6.45) is 6.41. The molecule has 3 aromatic heterocycles. The van der Waals surface area contributed by atoms with Crippen molar-refractivity contribution in [1.82, 2.24) is 24.0 Å². The molecule has 3 aliphatic rings. The Balaban J connectivity index is 1.35. The number of nitrogens with two attached hydrogens (primary N) is 1. The fourth-order valence-electron chi connectivity index (χ4n) is 6.34. The van der Waals surface area contributed by atoms with E-state index in [1.165, 1.54) is 12.8 Å². The summed E-state index contributed by atoms with van der Waals surface area (Å²) in [5, 5.41) is 1.52. The van der Waals surface area contributed by atoms with Crippen LogP contribution < -0.4 is 10.5 Å². The van der Waals surface area contributed by atoms with Gasteiger partial charge in [-0.05, 0) is 61.8 Å². The number of carbonyl (C=O) groups is 1. The van der Waals surface area contributed by atoms with Crippen molar-refractivity contribution in [3.8, 4) is 17.3 Å². The molecule has 8 nitrogen and oxygen atoms in total. The summed E-state index contributed by atoms with van der Waals surface area (Å²) in [5.41, 5.74) is 10.6. The first kappa shape index (κ1) is 22.1. The van der Waals surface area contributed by atoms with Crippen molar-refractivity contribution >= 4 is 39.4 Å². The van der Waals surface area contributed by atoms with Gasteiger partial charge in [0.1, 0.15) is 16.4 Å². The van der Waals surface area contributed by atoms with Crippen molar-refractivity contribution in [2.45, 2.75) is 44.3 Å². The Morgan fingerprint density at radius 2 is 2.03 bits per heavy atom. The number of pyridine rings is 1. The SMILES string of the molecule is COc1cc(C(=O)N2C[C@H]3CC[C@@H]2[C@@H]3N)cc2nc(-c3cc4cc(Cl)ncc4n3CC3CC3)n(C)c12. The van der Waals surface area contributed by atoms with E-state index >= 15 is 0 Å². The van der Waals surface area contributed by atoms with Gasteiger partial charge in [0.25, 0.3) is 5.91 Å². The zero-order valence-electron chi connectivity index (χ0n) is 20.4. The molecule has 3 fully saturated rings. The molecule has 1 saturated heterocycles. The van der Waals surface area contributed by atoms with Gasteiger partial charge in [-0.15, -0.1) is 0 Å². The molecule has 2 N–H and O–H groups in total. The van der Waals surface area contributed by atoms with Crippen molar-refractivity contribution in [3.63, 3.8) is 0 Å². The Kier molecular flexibility index (Phi) is 4.89. The van der Waals surface area contributed by atoms with E-state index in [-0.39, 0.29) is 18.0 Å². The molecule has 4 aromatic rings. The summed E-state index contributed by atoms with van der Waals surface area (Å²) in [5.74, 6) is 2.55. The van der Waals surface area contributed by atoms with Gasteiger partial charge in [-0.1, -0.05) is 11.6 Å². The quantitative estimate of drug-likeness (QED) is 0.411. The Labute approximate surface area is 214 Å². The second-order valence-electron chi connectivity index (χ2n) is 10.6. The van der Waals surface area contributed by atoms with Crippen LogP contribution in [0.2, 0.25) is 5.15 Å². The Morgan fingerprint density at radius 3 is 2.72 bits per heavy atom. The summed E-state index contributed by atoms with van der Waals surface area (Å²) >= 11 is 6.21. The van der Waals surface area contributed by atoms with E-state index in [1.54, 1.807) is 7.11 Å². The number of ether oxygens (including phenoxy) is 1. The number of halogens is 1. The molecule has 9 heteroatoms. The Bertz CT molecular complexity index is 1540. The maximum atomic E-state index is 13.5. The molecule has 7 rings (SSSR count). The highest BCUT2D eigenvalue weighted by molar-refractivity contribution is 6.30. The number of hydrogen-bond acceptors (Lipinski definition) is 5. The molecular weight excluding hydrogens is 476 g/mol. The molecule has 2 saturated carbocycles. The third kappa shape index (κ3) is 3.27. The van der Waals surface area contributed by atoms with E-state index in [2.05, 4.69) is 20.2 Å². The summed E-state index contributed by atoms with van der Waals surface area (Å²) in [4.78, 5) is 24.9. The lowest BCUT2D eigenvalue weighted by atomic mass is 10.1. The number of likely N-dealkylation sites (tertiary alicyclic amines) is 1. The number of aromatic nitrogens is 4. The Morgan fingerprint density at radius 1 is 1.19 bits per heavy atom. The van der Waals surface area contributed by atoms with E-state index in [9.17, 15) is 4.79 Å². The fraction of sp³-hybridized carbons (Fsp3) is 0.444. The number of aryl methyl sites for hydroxylation is 1. The van der Waals surface area contributed by atoms with Crippen LogP contribution in [0.3, 0.4) is 0 Å². The molecule has 1 amide bonds. The smallest absolute Gasteiger partial charge is 0.254 e. The number of carbonyl (C=O) groups excluding carboxylic acids is 1. The van der Waals surface area contributed by atoms with Crippen LogP contribution in [0.25, 0.3) is 33.5 Å². The number of piperidine rings is 1. The van der Waals surface area contributed by atoms with E-state index in [0.717, 1.165) is 59.4 Å². The highest BCUT2D eigenvalue weighted by Gasteiger charge is 2.47. The largest absolute Gasteiger partial charge is 0.494 e. The molecule has 186 valence electrons. The van der Waals surface area contributed by atoms with Gasteiger partial charge in [0.15, 0.2) is 5.82 Å². The topological polar surface area (TPSA) is 91.2 Å². The van der Waals surface area contributed by atoms with Crippen LogP contribution in [0.15, 0.2) is 30.5 Å². The van der Waals surface area contributed by atoms with E-state index < -0.39 is 0 Å². The van der Waals surface area contributed by atoms with Gasteiger partial charge >= 0.3 is 0 Å². The Hall–Kier alpha value is -3.10. The minimum Gasteiger partial charge on any atom is -0.494 e. The minimum absolute atomic E-state index is 0.00798. The highest BCUT2D eigenvalue weighted by Crippen LogP contribution is 2.40. The molecule has 1 aromatic carbocycles. The first-order valence-electron chi connectivity index (χ1n) is 12.7. The number of benzene rings is 1. The van der Waals surface area contributed by atoms with E-state index in [0.29, 0.717) is 28.3 Å². The van der Waals surface area contributed by atoms with Crippen molar-refractivity contribution in [2.24, 2.45) is 24.6 Å². The normalized spacial score (nSPS) is 23.3. The van der Waals surface area contributed by atoms with Gasteiger partial charge in [0, 0.05) is 43.2 Å². The number of methoxy groups -OCH3 is 1. The van der Waals surface area contributed by atoms with Crippen molar-refractivity contribution in [2.75, 3.05) is 13.7 Å². The second kappa shape index (κ2) is 7.95. The molecule has 4 heterocycles. The van der Waals surface area contributed by atoms with Gasteiger partial charge < -0.3 is 24.5 Å². The maximum Gasteiger partial charge on any atom is 0.254 e. The summed E-state index contributed by atoms with van der Waals surface area (Å²) in [6, 6.07) is 7.98. The molecular formula is C27H29ClN6O2. The van der Waals surface area contributed by atoms with Gasteiger partial charge in [0.2, 0.25) is 0 Å². The molecule has 0 radical (unpaired) electrons. The zero-order chi connectivity index (χ0) is 24.7. The average molecular weight is 505 g/mol. The number of imidazole rings is 1. The molecule has 0 spiro atoms. The van der Waals surface area contributed by atoms with Crippen LogP contribution in [0, 0.1) is 11.8 Å². The number of hydrogen-bond donors (Lipinski definition) is 1. The molecule has 2 aliphatic carbocycles. The number of amides is 1. The zero-order valence-corrected chi connectivity index (χ0v) is 21.2. The third-order valence-electron chi connectivity index (χ3n) is 8.44. The predicted molar refractivity (Wildman–Crippen MR) is 139 cm³/mol. The number of nitrogens with zero attached hydrogens (tertiary/aromatic N) is 5. The fourth-order valence-corrected chi connectivity index (χ4v) is 6.51. The molecule has 0 unspecified atom stereocenters. The monoisotopic (exact) mass is 504 g/mol. The van der Waals surface area contributed by atoms with Crippen LogP contribution in [0.5, 0.6) is 5.75 Å². The van der Waals surface area contributed by atoms with E-state index in [1.807, 2.05) is 36.3 Å². The van der Waals surface area contributed by atoms with Gasteiger partial charge in [0.05, 0.1) is 30.0 Å². The summed E-state index contributed by atoms with van der Waals surface area (Å²) in [6.45, 7) is 1.65. The predicted octanol–water partition coefficient (Wildman–Crippen LogP) is 4.22. The van der Waals surface area contributed by atoms with Gasteiger partial charge in [-0.2, -0.15) is 0 Å². The van der Waals surface area contributed by atoms with Crippen molar-refractivity contribution < 1.29 is 9.53 Å². The average Bonchev–Trinajstić information content (AvgIpc) is 3.28. The lowest BCUT2D eigenvalue weighted by Gasteiger charge is -2.27. The van der Waals surface area contributed by atoms with Gasteiger partial charge in [-0.3, -0.25) is 4.79 Å². The van der Waals surface area contributed by atoms with Gasteiger partial charge in [-0.25, -0.2) is 9.97 Å². The first-order valence-corrected chi connectivity index (χ1v) is 13.1. The summed E-state index contributed by atoms with van der Waals surface area (Å²) in [7, 11) is 3.64. The van der Waals surface area contributed by atoms with Crippen LogP contribution in [0.4, 0.5) is 0 Å². The van der Waals surface area contributed by atoms with Crippen LogP contribution in [-0.4, -0.2) is 55.6 Å². The molecule has 3 atom stereocenters. The lowest BCUT2D eigenvalue weighted by Crippen LogP contribution is -2.41. The highest BCUT2D eigenvalue weighted by atomic mass is 35.5. The third-order valence-corrected chi connectivity index (χ3v) is 8.64. The minimum atomic E-state index is 0.00798. The lowest BCUT2D eigenvalue weighted by molar-refractivity contribution is 0.0700. The first-order chi connectivity index (χ1) is 17.4. The van der Waals surface area contributed by atoms with Crippen LogP contribution >= 0.6 is 11.6 Å². The van der Waals surface area contributed by atoms with Crippen molar-refractivity contribution in [1.29, 1.82) is 0 Å². The summed E-state index contributed by atoms with van der Waals surface area (Å²) < 4.78 is 10.1. The maximum absolute atomic E-state index is 13.5.